The molecule has 0 spiro atoms. The van der Waals surface area contributed by atoms with Crippen LogP contribution in [0.3, 0.4) is 0 Å². The minimum atomic E-state index is -0.988. The molecule has 0 heterocycles. The van der Waals surface area contributed by atoms with Crippen LogP contribution in [-0.2, 0) is 0 Å². The second-order valence-electron chi connectivity index (χ2n) is 2.18. The van der Waals surface area contributed by atoms with E-state index < -0.39 is 6.17 Å². The van der Waals surface area contributed by atoms with Crippen molar-refractivity contribution in [1.29, 1.82) is 0 Å². The zero-order valence-electron chi connectivity index (χ0n) is 6.63. The van der Waals surface area contributed by atoms with Gasteiger partial charge in [-0.25, -0.2) is 4.39 Å². The SMILES string of the molecule is CCC(F)/C=C(N)\C=C/CO. The van der Waals surface area contributed by atoms with Crippen molar-refractivity contribution in [3.8, 4) is 0 Å². The molecule has 0 amide bonds. The highest BCUT2D eigenvalue weighted by Gasteiger charge is 1.96. The molecule has 0 saturated carbocycles. The van der Waals surface area contributed by atoms with Crippen LogP contribution in [0.2, 0.25) is 0 Å². The van der Waals surface area contributed by atoms with Crippen molar-refractivity contribution in [3.63, 3.8) is 0 Å². The Morgan fingerprint density at radius 3 is 2.82 bits per heavy atom. The van der Waals surface area contributed by atoms with Gasteiger partial charge in [0.25, 0.3) is 0 Å². The molecule has 0 saturated heterocycles. The van der Waals surface area contributed by atoms with Crippen molar-refractivity contribution in [1.82, 2.24) is 0 Å². The van der Waals surface area contributed by atoms with E-state index in [2.05, 4.69) is 0 Å². The molecule has 64 valence electrons. The van der Waals surface area contributed by atoms with Gasteiger partial charge in [-0.1, -0.05) is 13.0 Å². The van der Waals surface area contributed by atoms with E-state index in [1.807, 2.05) is 0 Å². The molecule has 3 N–H and O–H groups in total. The van der Waals surface area contributed by atoms with Crippen LogP contribution in [0, 0.1) is 0 Å². The molecular weight excluding hydrogens is 145 g/mol. The van der Waals surface area contributed by atoms with E-state index in [9.17, 15) is 4.39 Å². The molecule has 0 aromatic carbocycles. The van der Waals surface area contributed by atoms with E-state index in [4.69, 9.17) is 10.8 Å². The predicted molar refractivity (Wildman–Crippen MR) is 43.7 cm³/mol. The molecule has 11 heavy (non-hydrogen) atoms. The normalized spacial score (nSPS) is 15.7. The van der Waals surface area contributed by atoms with Gasteiger partial charge < -0.3 is 10.8 Å². The highest BCUT2D eigenvalue weighted by Crippen LogP contribution is 2.00. The Bertz CT molecular complexity index is 154. The Hall–Kier alpha value is -0.830. The molecule has 0 aromatic heterocycles. The van der Waals surface area contributed by atoms with Gasteiger partial charge in [-0.3, -0.25) is 0 Å². The molecule has 1 unspecified atom stereocenters. The Balaban J connectivity index is 3.89. The van der Waals surface area contributed by atoms with E-state index in [0.29, 0.717) is 12.1 Å². The van der Waals surface area contributed by atoms with Gasteiger partial charge >= 0.3 is 0 Å². The third-order valence-corrected chi connectivity index (χ3v) is 1.18. The maximum Gasteiger partial charge on any atom is 0.120 e. The Kier molecular flexibility index (Phi) is 5.47. The fourth-order valence-electron chi connectivity index (χ4n) is 0.571. The molecule has 2 nitrogen and oxygen atoms in total. The molecule has 0 bridgehead atoms. The number of hydrogen-bond acceptors (Lipinski definition) is 2. The molecule has 0 rings (SSSR count). The first-order valence-corrected chi connectivity index (χ1v) is 3.59. The van der Waals surface area contributed by atoms with Crippen molar-refractivity contribution in [2.45, 2.75) is 19.5 Å². The van der Waals surface area contributed by atoms with Gasteiger partial charge in [-0.2, -0.15) is 0 Å². The Labute approximate surface area is 66.2 Å². The third kappa shape index (κ3) is 5.61. The van der Waals surface area contributed by atoms with Crippen LogP contribution in [0.15, 0.2) is 23.9 Å². The summed E-state index contributed by atoms with van der Waals surface area (Å²) < 4.78 is 12.6. The number of allylic oxidation sites excluding steroid dienone is 2. The van der Waals surface area contributed by atoms with Gasteiger partial charge in [0.1, 0.15) is 6.17 Å². The van der Waals surface area contributed by atoms with Crippen LogP contribution in [0.1, 0.15) is 13.3 Å². The number of aliphatic hydroxyl groups is 1. The van der Waals surface area contributed by atoms with Crippen LogP contribution in [0.4, 0.5) is 4.39 Å². The topological polar surface area (TPSA) is 46.2 Å². The van der Waals surface area contributed by atoms with Gasteiger partial charge in [0.15, 0.2) is 0 Å². The summed E-state index contributed by atoms with van der Waals surface area (Å²) >= 11 is 0. The minimum absolute atomic E-state index is 0.0718. The summed E-state index contributed by atoms with van der Waals surface area (Å²) in [6.45, 7) is 1.67. The van der Waals surface area contributed by atoms with E-state index in [1.165, 1.54) is 18.2 Å². The molecule has 0 radical (unpaired) electrons. The highest BCUT2D eigenvalue weighted by atomic mass is 19.1. The molecule has 0 fully saturated rings. The maximum atomic E-state index is 12.6. The number of halogens is 1. The van der Waals surface area contributed by atoms with Gasteiger partial charge in [0.2, 0.25) is 0 Å². The first-order valence-electron chi connectivity index (χ1n) is 3.59. The quantitative estimate of drug-likeness (QED) is 0.604. The van der Waals surface area contributed by atoms with E-state index in [-0.39, 0.29) is 6.61 Å². The second kappa shape index (κ2) is 5.92. The number of hydrogen-bond donors (Lipinski definition) is 2. The van der Waals surface area contributed by atoms with Crippen molar-refractivity contribution in [2.24, 2.45) is 5.73 Å². The van der Waals surface area contributed by atoms with Crippen molar-refractivity contribution < 1.29 is 9.50 Å². The standard InChI is InChI=1S/C8H14FNO/c1-2-7(9)6-8(10)4-3-5-11/h3-4,6-7,11H,2,5,10H2,1H3/b4-3-,8-6+. The van der Waals surface area contributed by atoms with Crippen molar-refractivity contribution in [3.05, 3.63) is 23.9 Å². The molecule has 0 aliphatic rings. The fraction of sp³-hybridized carbons (Fsp3) is 0.500. The largest absolute Gasteiger partial charge is 0.399 e. The average Bonchev–Trinajstić information content (AvgIpc) is 2.00. The highest BCUT2D eigenvalue weighted by molar-refractivity contribution is 5.16. The van der Waals surface area contributed by atoms with E-state index in [0.717, 1.165) is 0 Å². The fourth-order valence-corrected chi connectivity index (χ4v) is 0.571. The maximum absolute atomic E-state index is 12.6. The molecule has 1 atom stereocenters. The van der Waals surface area contributed by atoms with Gasteiger partial charge in [-0.05, 0) is 18.6 Å². The number of alkyl halides is 1. The lowest BCUT2D eigenvalue weighted by Crippen LogP contribution is -2.00. The monoisotopic (exact) mass is 159 g/mol. The third-order valence-electron chi connectivity index (χ3n) is 1.18. The predicted octanol–water partition coefficient (Wildman–Crippen LogP) is 1.13. The van der Waals surface area contributed by atoms with Gasteiger partial charge in [-0.15, -0.1) is 0 Å². The number of aliphatic hydroxyl groups excluding tert-OH is 1. The van der Waals surface area contributed by atoms with Crippen LogP contribution in [0.5, 0.6) is 0 Å². The summed E-state index contributed by atoms with van der Waals surface area (Å²) in [5.41, 5.74) is 5.71. The summed E-state index contributed by atoms with van der Waals surface area (Å²) in [5, 5.41) is 8.34. The average molecular weight is 159 g/mol. The van der Waals surface area contributed by atoms with Crippen LogP contribution in [0.25, 0.3) is 0 Å². The lowest BCUT2D eigenvalue weighted by atomic mass is 10.2. The van der Waals surface area contributed by atoms with Crippen LogP contribution in [-0.4, -0.2) is 17.9 Å². The molecular formula is C8H14FNO. The number of nitrogens with two attached hydrogens (primary N) is 1. The molecule has 0 aliphatic heterocycles. The minimum Gasteiger partial charge on any atom is -0.399 e. The smallest absolute Gasteiger partial charge is 0.120 e. The summed E-state index contributed by atoms with van der Waals surface area (Å²) in [7, 11) is 0. The van der Waals surface area contributed by atoms with Crippen molar-refractivity contribution in [2.75, 3.05) is 6.61 Å². The summed E-state index contributed by atoms with van der Waals surface area (Å²) in [4.78, 5) is 0. The summed E-state index contributed by atoms with van der Waals surface area (Å²) in [5.74, 6) is 0. The van der Waals surface area contributed by atoms with Gasteiger partial charge in [0, 0.05) is 5.70 Å². The van der Waals surface area contributed by atoms with E-state index >= 15 is 0 Å². The lowest BCUT2D eigenvalue weighted by Gasteiger charge is -1.97. The van der Waals surface area contributed by atoms with Crippen LogP contribution >= 0.6 is 0 Å². The second-order valence-corrected chi connectivity index (χ2v) is 2.18. The number of rotatable bonds is 4. The molecule has 0 aliphatic carbocycles. The zero-order chi connectivity index (χ0) is 8.69. The summed E-state index contributed by atoms with van der Waals surface area (Å²) in [6, 6.07) is 0. The van der Waals surface area contributed by atoms with Crippen LogP contribution < -0.4 is 5.73 Å². The molecule has 3 heteroatoms. The summed E-state index contributed by atoms with van der Waals surface area (Å²) in [6.07, 6.45) is 3.72. The first-order chi connectivity index (χ1) is 5.20. The van der Waals surface area contributed by atoms with Crippen molar-refractivity contribution >= 4 is 0 Å². The Morgan fingerprint density at radius 1 is 1.73 bits per heavy atom. The van der Waals surface area contributed by atoms with Gasteiger partial charge in [0.05, 0.1) is 6.61 Å². The molecule has 0 aromatic rings. The van der Waals surface area contributed by atoms with E-state index in [1.54, 1.807) is 6.92 Å². The Morgan fingerprint density at radius 2 is 2.36 bits per heavy atom. The zero-order valence-corrected chi connectivity index (χ0v) is 6.63. The first kappa shape index (κ1) is 10.2. The lowest BCUT2D eigenvalue weighted by molar-refractivity contribution is 0.342.